The lowest BCUT2D eigenvalue weighted by Crippen LogP contribution is -2.58. The Balaban J connectivity index is -0.000000299. The van der Waals surface area contributed by atoms with Crippen LogP contribution in [0, 0.1) is 10.8 Å². The highest BCUT2D eigenvalue weighted by atomic mass is 29.3. The van der Waals surface area contributed by atoms with E-state index in [1.165, 1.54) is 0 Å². The fourth-order valence-electron chi connectivity index (χ4n) is 1.42. The third-order valence-corrected chi connectivity index (χ3v) is 30.3. The second-order valence-electron chi connectivity index (χ2n) is 8.44. The Morgan fingerprint density at radius 1 is 0.864 bits per heavy atom. The molecule has 8 heteroatoms. The Hall–Kier alpha value is -0.462. The van der Waals surface area contributed by atoms with Crippen molar-refractivity contribution in [1.29, 1.82) is 10.8 Å². The Bertz CT molecular complexity index is 444. The molecule has 0 heterocycles. The fourth-order valence-corrected chi connectivity index (χ4v) is 12.2. The van der Waals surface area contributed by atoms with E-state index in [0.717, 1.165) is 5.33 Å². The van der Waals surface area contributed by atoms with Crippen LogP contribution in [-0.4, -0.2) is 46.6 Å². The Morgan fingerprint density at radius 3 is 1.23 bits per heavy atom. The number of nitrogens with zero attached hydrogens (tertiary/aromatic N) is 4. The minimum Gasteiger partial charge on any atom is -0.362 e. The minimum absolute atomic E-state index is 0.0913. The summed E-state index contributed by atoms with van der Waals surface area (Å²) in [6.45, 7) is 28.0. The summed E-state index contributed by atoms with van der Waals surface area (Å²) in [5, 5.41) is 13.0. The molecule has 22 heavy (non-hydrogen) atoms. The van der Waals surface area contributed by atoms with Gasteiger partial charge in [0.1, 0.15) is 0 Å². The monoisotopic (exact) mass is 372 g/mol. The molecule has 0 fully saturated rings. The van der Waals surface area contributed by atoms with Gasteiger partial charge in [0.05, 0.1) is 15.7 Å². The van der Waals surface area contributed by atoms with Crippen molar-refractivity contribution in [3.8, 4) is 0 Å². The second kappa shape index (κ2) is 10.3. The minimum atomic E-state index is -1.37. The first-order valence-corrected chi connectivity index (χ1v) is 21.1. The van der Waals surface area contributed by atoms with E-state index in [0.29, 0.717) is 0 Å². The van der Waals surface area contributed by atoms with Gasteiger partial charge in [0.15, 0.2) is 7.59 Å². The number of hydrogen-bond donors (Lipinski definition) is 0. The third kappa shape index (κ3) is 9.53. The molecular weight excluding hydrogens is 337 g/mol. The van der Waals surface area contributed by atoms with Crippen molar-refractivity contribution in [1.82, 2.24) is 0 Å². The lowest BCUT2D eigenvalue weighted by atomic mass is 10.9. The molecule has 4 nitrogen and oxygen atoms in total. The largest absolute Gasteiger partial charge is 0.362 e. The summed E-state index contributed by atoms with van der Waals surface area (Å²) in [6, 6.07) is 0. The van der Waals surface area contributed by atoms with Crippen LogP contribution >= 0.6 is 0 Å². The third-order valence-electron chi connectivity index (χ3n) is 4.80. The smallest absolute Gasteiger partial charge is 0.231 e. The predicted octanol–water partition coefficient (Wildman–Crippen LogP) is 4.76. The molecule has 0 bridgehead atoms. The lowest BCUT2D eigenvalue weighted by Gasteiger charge is -2.29. The molecule has 0 rings (SSSR count). The first-order chi connectivity index (χ1) is 9.59. The van der Waals surface area contributed by atoms with Crippen LogP contribution in [-0.2, 0) is 0 Å². The van der Waals surface area contributed by atoms with Crippen molar-refractivity contribution >= 4 is 41.8 Å². The van der Waals surface area contributed by atoms with Gasteiger partial charge in [-0.05, 0) is 8.41 Å². The van der Waals surface area contributed by atoms with Crippen molar-refractivity contribution < 1.29 is 4.79 Å². The summed E-state index contributed by atoms with van der Waals surface area (Å²) in [6.07, 6.45) is 0. The molecule has 0 aromatic rings. The van der Waals surface area contributed by atoms with E-state index in [2.05, 4.69) is 77.2 Å². The predicted molar refractivity (Wildman–Crippen MR) is 110 cm³/mol. The van der Waals surface area contributed by atoms with E-state index in [-0.39, 0.29) is 8.41 Å². The summed E-state index contributed by atoms with van der Waals surface area (Å²) in [5.41, 5.74) is 8.68. The van der Waals surface area contributed by atoms with Gasteiger partial charge in [-0.25, -0.2) is 0 Å². The maximum Gasteiger partial charge on any atom is 0.231 e. The van der Waals surface area contributed by atoms with Gasteiger partial charge in [0, 0.05) is 17.7 Å². The molecule has 0 radical (unpaired) electrons. The average molecular weight is 373 g/mol. The molecule has 128 valence electrons. The molecule has 0 unspecified atom stereocenters. The zero-order chi connectivity index (χ0) is 18.9. The van der Waals surface area contributed by atoms with Crippen LogP contribution in [0.4, 0.5) is 0 Å². The van der Waals surface area contributed by atoms with Crippen molar-refractivity contribution in [2.24, 2.45) is 0 Å². The van der Waals surface area contributed by atoms with E-state index in [4.69, 9.17) is 16.3 Å². The maximum atomic E-state index is 8.68. The summed E-state index contributed by atoms with van der Waals surface area (Å²) < 4.78 is 0. The van der Waals surface area contributed by atoms with Crippen molar-refractivity contribution in [3.05, 3.63) is 5.53 Å². The fraction of sp³-hybridized carbons (Fsp3) is 0.857. The summed E-state index contributed by atoms with van der Waals surface area (Å²) >= 11 is 0. The topological polar surface area (TPSA) is 84.0 Å². The molecule has 0 aliphatic rings. The normalized spacial score (nSPS) is 11.0. The van der Waals surface area contributed by atoms with Gasteiger partial charge in [-0.15, -0.1) is 4.79 Å². The SMILES string of the molecule is CC(=[N+]=[N-])[Si](C)(C)[Si](C)(C)C.CC(=[Si](C)C)[Si](C)(C)C.N#N. The maximum absolute atomic E-state index is 8.68. The molecule has 0 saturated carbocycles. The van der Waals surface area contributed by atoms with Gasteiger partial charge in [-0.2, -0.15) is 4.79 Å². The highest BCUT2D eigenvalue weighted by Crippen LogP contribution is 2.18. The first kappa shape index (κ1) is 26.4. The zero-order valence-corrected chi connectivity index (χ0v) is 20.8. The van der Waals surface area contributed by atoms with Gasteiger partial charge < -0.3 is 5.53 Å². The summed E-state index contributed by atoms with van der Waals surface area (Å²) in [7, 11) is -3.44. The number of hydrogen-bond acceptors (Lipinski definition) is 2. The highest BCUT2D eigenvalue weighted by Gasteiger charge is 2.44. The standard InChI is InChI=1S/C7H18N2Si2.C7H18Si2.N2/c1-7(9-8)11(5,6)10(2,3)4;1-7(8(2)3)9(4,5)6;1-2/h1-6H3;1-6H3;. The molecule has 0 aliphatic carbocycles. The zero-order valence-electron chi connectivity index (χ0n) is 16.8. The molecular formula is C14H36N4Si4. The van der Waals surface area contributed by atoms with E-state index < -0.39 is 23.3 Å². The molecule has 0 aromatic heterocycles. The molecule has 0 atom stereocenters. The van der Waals surface area contributed by atoms with Gasteiger partial charge in [0.2, 0.25) is 5.33 Å². The molecule has 0 saturated heterocycles. The second-order valence-corrected chi connectivity index (χ2v) is 33.7. The van der Waals surface area contributed by atoms with Gasteiger partial charge >= 0.3 is 0 Å². The Morgan fingerprint density at radius 2 is 1.18 bits per heavy atom. The van der Waals surface area contributed by atoms with E-state index in [9.17, 15) is 0 Å². The van der Waals surface area contributed by atoms with Gasteiger partial charge in [-0.3, -0.25) is 0 Å². The molecule has 0 spiro atoms. The highest BCUT2D eigenvalue weighted by molar-refractivity contribution is 7.51. The summed E-state index contributed by atoms with van der Waals surface area (Å²) in [5.74, 6) is 0. The molecule has 0 aromatic carbocycles. The molecule has 0 N–H and O–H groups in total. The Labute approximate surface area is 142 Å². The van der Waals surface area contributed by atoms with E-state index in [1.54, 1.807) is 0 Å². The number of rotatable bonds is 3. The lowest BCUT2D eigenvalue weighted by molar-refractivity contribution is -0.00179. The van der Waals surface area contributed by atoms with Crippen LogP contribution < -0.4 is 0 Å². The van der Waals surface area contributed by atoms with Crippen molar-refractivity contribution in [2.45, 2.75) is 79.3 Å². The quantitative estimate of drug-likeness (QED) is 0.235. The van der Waals surface area contributed by atoms with Crippen molar-refractivity contribution in [3.63, 3.8) is 0 Å². The summed E-state index contributed by atoms with van der Waals surface area (Å²) in [4.78, 5) is 5.17. The van der Waals surface area contributed by atoms with Crippen LogP contribution in [0.1, 0.15) is 13.8 Å². The van der Waals surface area contributed by atoms with Gasteiger partial charge in [0.25, 0.3) is 0 Å². The van der Waals surface area contributed by atoms with Crippen molar-refractivity contribution in [2.75, 3.05) is 0 Å². The Kier molecular flexibility index (Phi) is 12.4. The van der Waals surface area contributed by atoms with Crippen LogP contribution in [0.25, 0.3) is 5.53 Å². The van der Waals surface area contributed by atoms with Crippen LogP contribution in [0.2, 0.25) is 65.5 Å². The van der Waals surface area contributed by atoms with E-state index >= 15 is 0 Å². The van der Waals surface area contributed by atoms with Crippen LogP contribution in [0.5, 0.6) is 0 Å². The van der Waals surface area contributed by atoms with Gasteiger partial charge in [-0.1, -0.05) is 72.4 Å². The van der Waals surface area contributed by atoms with E-state index in [1.807, 2.05) is 11.7 Å². The molecule has 0 amide bonds. The first-order valence-electron chi connectivity index (χ1n) is 7.62. The molecule has 0 aliphatic heterocycles. The average Bonchev–Trinajstić information content (AvgIpc) is 2.37. The van der Waals surface area contributed by atoms with Crippen LogP contribution in [0.3, 0.4) is 0 Å². The van der Waals surface area contributed by atoms with Crippen LogP contribution in [0.15, 0.2) is 0 Å².